The monoisotopic (exact) mass is 309 g/mol. The van der Waals surface area contributed by atoms with Gasteiger partial charge in [0.15, 0.2) is 17.3 Å². The Morgan fingerprint density at radius 2 is 1.91 bits per heavy atom. The molecule has 1 aromatic rings. The third kappa shape index (κ3) is 5.31. The van der Waals surface area contributed by atoms with E-state index in [2.05, 4.69) is 18.7 Å². The minimum atomic E-state index is -0.568. The van der Waals surface area contributed by atoms with E-state index >= 15 is 0 Å². The number of aliphatic hydroxyl groups excluding tert-OH is 1. The fraction of sp³-hybridized carbons (Fsp3) is 0.588. The Morgan fingerprint density at radius 1 is 1.23 bits per heavy atom. The number of likely N-dealkylation sites (N-methyl/N-ethyl adjacent to an activating group) is 1. The lowest BCUT2D eigenvalue weighted by molar-refractivity contribution is 0.0705. The van der Waals surface area contributed by atoms with Crippen molar-refractivity contribution in [1.82, 2.24) is 4.90 Å². The Hall–Kier alpha value is -1.59. The molecule has 0 saturated carbocycles. The van der Waals surface area contributed by atoms with Gasteiger partial charge in [-0.3, -0.25) is 4.79 Å². The lowest BCUT2D eigenvalue weighted by Gasteiger charge is -2.22. The molecule has 0 aliphatic heterocycles. The quantitative estimate of drug-likeness (QED) is 0.672. The summed E-state index contributed by atoms with van der Waals surface area (Å²) in [5.41, 5.74) is 0.607. The summed E-state index contributed by atoms with van der Waals surface area (Å²) in [5.74, 6) is 1.11. The molecule has 0 spiro atoms. The first-order valence-corrected chi connectivity index (χ1v) is 7.80. The number of hydrogen-bond donors (Lipinski definition) is 1. The topological polar surface area (TPSA) is 59.0 Å². The highest BCUT2D eigenvalue weighted by atomic mass is 16.5. The van der Waals surface area contributed by atoms with Crippen molar-refractivity contribution in [2.24, 2.45) is 0 Å². The molecule has 1 atom stereocenters. The van der Waals surface area contributed by atoms with Crippen LogP contribution in [0.2, 0.25) is 0 Å². The average Bonchev–Trinajstić information content (AvgIpc) is 2.56. The highest BCUT2D eigenvalue weighted by molar-refractivity contribution is 5.96. The molecule has 5 heteroatoms. The first-order valence-electron chi connectivity index (χ1n) is 7.80. The molecule has 5 nitrogen and oxygen atoms in total. The molecule has 0 radical (unpaired) electrons. The summed E-state index contributed by atoms with van der Waals surface area (Å²) in [7, 11) is 1.54. The normalized spacial score (nSPS) is 12.3. The van der Waals surface area contributed by atoms with Gasteiger partial charge in [0.2, 0.25) is 0 Å². The fourth-order valence-corrected chi connectivity index (χ4v) is 2.18. The van der Waals surface area contributed by atoms with Gasteiger partial charge in [-0.25, -0.2) is 0 Å². The third-order valence-electron chi connectivity index (χ3n) is 3.60. The number of nitrogens with zero attached hydrogens (tertiary/aromatic N) is 1. The lowest BCUT2D eigenvalue weighted by atomic mass is 10.1. The van der Waals surface area contributed by atoms with Gasteiger partial charge in [0.1, 0.15) is 12.7 Å². The summed E-state index contributed by atoms with van der Waals surface area (Å²) in [4.78, 5) is 13.8. The van der Waals surface area contributed by atoms with Crippen LogP contribution in [-0.2, 0) is 0 Å². The molecule has 1 N–H and O–H groups in total. The molecule has 0 saturated heterocycles. The number of aliphatic hydroxyl groups is 1. The van der Waals surface area contributed by atoms with E-state index in [-0.39, 0.29) is 12.4 Å². The smallest absolute Gasteiger partial charge is 0.162 e. The zero-order chi connectivity index (χ0) is 16.5. The Morgan fingerprint density at radius 3 is 2.45 bits per heavy atom. The van der Waals surface area contributed by atoms with Crippen molar-refractivity contribution in [3.05, 3.63) is 23.8 Å². The zero-order valence-electron chi connectivity index (χ0n) is 14.0. The first-order chi connectivity index (χ1) is 10.5. The van der Waals surface area contributed by atoms with Gasteiger partial charge in [0.25, 0.3) is 0 Å². The van der Waals surface area contributed by atoms with Crippen LogP contribution in [0.15, 0.2) is 18.2 Å². The van der Waals surface area contributed by atoms with Gasteiger partial charge >= 0.3 is 0 Å². The molecule has 1 unspecified atom stereocenters. The van der Waals surface area contributed by atoms with Crippen LogP contribution in [0.1, 0.15) is 37.6 Å². The number of rotatable bonds is 10. The van der Waals surface area contributed by atoms with E-state index in [4.69, 9.17) is 9.47 Å². The van der Waals surface area contributed by atoms with E-state index in [0.717, 1.165) is 13.1 Å². The van der Waals surface area contributed by atoms with Crippen molar-refractivity contribution >= 4 is 5.78 Å². The average molecular weight is 309 g/mol. The Labute approximate surface area is 132 Å². The van der Waals surface area contributed by atoms with E-state index in [1.807, 2.05) is 6.92 Å². The van der Waals surface area contributed by atoms with Crippen LogP contribution in [0, 0.1) is 0 Å². The summed E-state index contributed by atoms with van der Waals surface area (Å²) in [5, 5.41) is 10.0. The molecule has 1 aromatic carbocycles. The lowest BCUT2D eigenvalue weighted by Crippen LogP contribution is -2.35. The van der Waals surface area contributed by atoms with Gasteiger partial charge in [-0.1, -0.05) is 20.8 Å². The molecule has 124 valence electrons. The summed E-state index contributed by atoms with van der Waals surface area (Å²) >= 11 is 0. The molecule has 0 aliphatic rings. The largest absolute Gasteiger partial charge is 0.493 e. The predicted octanol–water partition coefficient (Wildman–Crippen LogP) is 2.37. The van der Waals surface area contributed by atoms with Crippen LogP contribution >= 0.6 is 0 Å². The molecule has 22 heavy (non-hydrogen) atoms. The van der Waals surface area contributed by atoms with Gasteiger partial charge < -0.3 is 19.5 Å². The Balaban J connectivity index is 2.67. The summed E-state index contributed by atoms with van der Waals surface area (Å²) in [6, 6.07) is 5.12. The number of Topliss-reactive ketones (excluding diaryl/α,β-unsaturated/α-hetero) is 1. The van der Waals surface area contributed by atoms with E-state index < -0.39 is 6.10 Å². The minimum absolute atomic E-state index is 0.0615. The van der Waals surface area contributed by atoms with Gasteiger partial charge in [0, 0.05) is 18.5 Å². The number of hydrogen-bond acceptors (Lipinski definition) is 5. The highest BCUT2D eigenvalue weighted by Crippen LogP contribution is 2.28. The molecule has 0 aliphatic carbocycles. The number of methoxy groups -OCH3 is 1. The fourth-order valence-electron chi connectivity index (χ4n) is 2.18. The van der Waals surface area contributed by atoms with Crippen LogP contribution in [0.5, 0.6) is 11.5 Å². The molecule has 0 bridgehead atoms. The second-order valence-electron chi connectivity index (χ2n) is 5.09. The number of benzene rings is 1. The number of ketones is 1. The maximum atomic E-state index is 11.7. The van der Waals surface area contributed by atoms with Crippen molar-refractivity contribution < 1.29 is 19.4 Å². The van der Waals surface area contributed by atoms with Crippen molar-refractivity contribution in [1.29, 1.82) is 0 Å². The van der Waals surface area contributed by atoms with E-state index in [0.29, 0.717) is 30.0 Å². The van der Waals surface area contributed by atoms with Crippen molar-refractivity contribution in [2.75, 3.05) is 33.4 Å². The van der Waals surface area contributed by atoms with E-state index in [1.165, 1.54) is 7.11 Å². The number of carbonyl (C=O) groups excluding carboxylic acids is 1. The van der Waals surface area contributed by atoms with Crippen LogP contribution in [0.25, 0.3) is 0 Å². The highest BCUT2D eigenvalue weighted by Gasteiger charge is 2.13. The van der Waals surface area contributed by atoms with Crippen LogP contribution in [0.4, 0.5) is 0 Å². The number of carbonyl (C=O) groups is 1. The second-order valence-corrected chi connectivity index (χ2v) is 5.09. The van der Waals surface area contributed by atoms with Crippen molar-refractivity contribution in [3.8, 4) is 11.5 Å². The molecular weight excluding hydrogens is 282 g/mol. The van der Waals surface area contributed by atoms with Crippen molar-refractivity contribution in [2.45, 2.75) is 33.3 Å². The van der Waals surface area contributed by atoms with E-state index in [1.54, 1.807) is 18.2 Å². The van der Waals surface area contributed by atoms with Crippen LogP contribution in [0.3, 0.4) is 0 Å². The van der Waals surface area contributed by atoms with Gasteiger partial charge in [0.05, 0.1) is 7.11 Å². The maximum Gasteiger partial charge on any atom is 0.162 e. The predicted molar refractivity (Wildman–Crippen MR) is 86.9 cm³/mol. The second kappa shape index (κ2) is 9.43. The van der Waals surface area contributed by atoms with Crippen molar-refractivity contribution in [3.63, 3.8) is 0 Å². The van der Waals surface area contributed by atoms with Crippen LogP contribution < -0.4 is 9.47 Å². The van der Waals surface area contributed by atoms with E-state index in [9.17, 15) is 9.90 Å². The van der Waals surface area contributed by atoms with Gasteiger partial charge in [-0.15, -0.1) is 0 Å². The Kier molecular flexibility index (Phi) is 7.91. The summed E-state index contributed by atoms with van der Waals surface area (Å²) in [6.07, 6.45) is -0.118. The molecular formula is C17H27NO4. The third-order valence-corrected chi connectivity index (χ3v) is 3.60. The SMILES string of the molecule is CCC(=O)c1ccc(OCC(O)CN(CC)CC)c(OC)c1. The van der Waals surface area contributed by atoms with Crippen LogP contribution in [-0.4, -0.2) is 55.2 Å². The minimum Gasteiger partial charge on any atom is -0.493 e. The maximum absolute atomic E-state index is 11.7. The molecule has 0 fully saturated rings. The molecule has 0 aromatic heterocycles. The van der Waals surface area contributed by atoms with Gasteiger partial charge in [-0.05, 0) is 31.3 Å². The Bertz CT molecular complexity index is 472. The molecule has 0 heterocycles. The number of ether oxygens (including phenoxy) is 2. The zero-order valence-corrected chi connectivity index (χ0v) is 14.0. The standard InChI is InChI=1S/C17H27NO4/c1-5-15(20)13-8-9-16(17(10-13)21-4)22-12-14(19)11-18(6-2)7-3/h8-10,14,19H,5-7,11-12H2,1-4H3. The molecule has 1 rings (SSSR count). The summed E-state index contributed by atoms with van der Waals surface area (Å²) < 4.78 is 10.9. The summed E-state index contributed by atoms with van der Waals surface area (Å²) in [6.45, 7) is 8.49. The molecule has 0 amide bonds. The first kappa shape index (κ1) is 18.5. The van der Waals surface area contributed by atoms with Gasteiger partial charge in [-0.2, -0.15) is 0 Å².